The van der Waals surface area contributed by atoms with Crippen molar-refractivity contribution in [2.24, 2.45) is 0 Å². The van der Waals surface area contributed by atoms with Gasteiger partial charge in [0.25, 0.3) is 0 Å². The van der Waals surface area contributed by atoms with Crippen LogP contribution >= 0.6 is 11.6 Å². The predicted molar refractivity (Wildman–Crippen MR) is 105 cm³/mol. The quantitative estimate of drug-likeness (QED) is 0.520. The lowest BCUT2D eigenvalue weighted by atomic mass is 10.2. The van der Waals surface area contributed by atoms with E-state index in [4.69, 9.17) is 25.5 Å². The number of hydrogen-bond donors (Lipinski definition) is 0. The van der Waals surface area contributed by atoms with Crippen LogP contribution in [0.25, 0.3) is 22.8 Å². The maximum Gasteiger partial charge on any atom is 0.510 e. The molecule has 4 rings (SSSR count). The van der Waals surface area contributed by atoms with Crippen molar-refractivity contribution in [1.82, 2.24) is 20.0 Å². The summed E-state index contributed by atoms with van der Waals surface area (Å²) >= 11 is 6.09. The normalized spacial score (nSPS) is 14.2. The van der Waals surface area contributed by atoms with E-state index in [-0.39, 0.29) is 23.9 Å². The lowest BCUT2D eigenvalue weighted by Gasteiger charge is -2.11. The fourth-order valence-corrected chi connectivity index (χ4v) is 3.12. The number of rotatable bonds is 6. The van der Waals surface area contributed by atoms with Gasteiger partial charge < -0.3 is 13.9 Å². The Labute approximate surface area is 177 Å². The summed E-state index contributed by atoms with van der Waals surface area (Å²) in [6.07, 6.45) is 0.227. The van der Waals surface area contributed by atoms with E-state index in [1.54, 1.807) is 26.0 Å². The molecule has 1 unspecified atom stereocenters. The first kappa shape index (κ1) is 19.9. The molecule has 0 spiro atoms. The summed E-state index contributed by atoms with van der Waals surface area (Å²) in [7, 11) is 0. The number of aromatic nitrogens is 4. The van der Waals surface area contributed by atoms with Crippen molar-refractivity contribution in [2.75, 3.05) is 6.61 Å². The molecule has 1 aliphatic rings. The molecule has 0 N–H and O–H groups in total. The second kappa shape index (κ2) is 8.16. The van der Waals surface area contributed by atoms with Gasteiger partial charge in [-0.05, 0) is 44.9 Å². The van der Waals surface area contributed by atoms with Gasteiger partial charge in [0.2, 0.25) is 12.1 Å². The van der Waals surface area contributed by atoms with Crippen molar-refractivity contribution in [3.8, 4) is 28.9 Å². The lowest BCUT2D eigenvalue weighted by molar-refractivity contribution is -0.00450. The van der Waals surface area contributed by atoms with Gasteiger partial charge in [-0.1, -0.05) is 17.7 Å². The highest BCUT2D eigenvalue weighted by atomic mass is 35.5. The molecule has 0 aliphatic heterocycles. The average Bonchev–Trinajstić information content (AvgIpc) is 3.32. The van der Waals surface area contributed by atoms with E-state index in [0.29, 0.717) is 22.4 Å². The molecule has 2 heterocycles. The zero-order valence-electron chi connectivity index (χ0n) is 16.3. The highest BCUT2D eigenvalue weighted by Gasteiger charge is 2.34. The van der Waals surface area contributed by atoms with Gasteiger partial charge >= 0.3 is 6.16 Å². The Morgan fingerprint density at radius 1 is 1.40 bits per heavy atom. The van der Waals surface area contributed by atoms with Gasteiger partial charge in [0.05, 0.1) is 6.61 Å². The molecular formula is C20H18ClN5O4. The molecule has 0 saturated heterocycles. The molecule has 0 amide bonds. The minimum Gasteiger partial charge on any atom is -0.440 e. The third-order valence-electron chi connectivity index (χ3n) is 4.49. The van der Waals surface area contributed by atoms with Crippen molar-refractivity contribution in [1.29, 1.82) is 5.26 Å². The van der Waals surface area contributed by atoms with Crippen LogP contribution in [0.3, 0.4) is 0 Å². The third kappa shape index (κ3) is 4.00. The maximum absolute atomic E-state index is 11.6. The number of ether oxygens (including phenoxy) is 2. The Kier molecular flexibility index (Phi) is 5.42. The van der Waals surface area contributed by atoms with Crippen molar-refractivity contribution in [3.63, 3.8) is 0 Å². The number of carbonyl (C=O) groups excluding carboxylic acids is 1. The van der Waals surface area contributed by atoms with Crippen LogP contribution in [0.4, 0.5) is 4.79 Å². The van der Waals surface area contributed by atoms with Crippen LogP contribution in [-0.2, 0) is 9.47 Å². The van der Waals surface area contributed by atoms with E-state index in [9.17, 15) is 10.1 Å². The van der Waals surface area contributed by atoms with Crippen molar-refractivity contribution in [3.05, 3.63) is 40.7 Å². The maximum atomic E-state index is 11.6. The van der Waals surface area contributed by atoms with Gasteiger partial charge in [-0.2, -0.15) is 5.26 Å². The molecule has 3 aromatic rings. The fraction of sp³-hybridized carbons (Fsp3) is 0.350. The smallest absolute Gasteiger partial charge is 0.440 e. The predicted octanol–water partition coefficient (Wildman–Crippen LogP) is 4.69. The Morgan fingerprint density at radius 3 is 2.87 bits per heavy atom. The number of nitriles is 1. The zero-order valence-corrected chi connectivity index (χ0v) is 17.1. The summed E-state index contributed by atoms with van der Waals surface area (Å²) in [5.74, 6) is 1.27. The molecule has 30 heavy (non-hydrogen) atoms. The van der Waals surface area contributed by atoms with Crippen LogP contribution < -0.4 is 0 Å². The summed E-state index contributed by atoms with van der Waals surface area (Å²) in [6, 6.07) is 9.20. The van der Waals surface area contributed by atoms with Crippen LogP contribution in [0.15, 0.2) is 28.7 Å². The monoisotopic (exact) mass is 427 g/mol. The van der Waals surface area contributed by atoms with Crippen LogP contribution in [0.1, 0.15) is 50.3 Å². The largest absolute Gasteiger partial charge is 0.510 e. The highest BCUT2D eigenvalue weighted by Crippen LogP contribution is 2.46. The highest BCUT2D eigenvalue weighted by molar-refractivity contribution is 6.30. The summed E-state index contributed by atoms with van der Waals surface area (Å²) in [6.45, 7) is 3.43. The van der Waals surface area contributed by atoms with Crippen LogP contribution in [0.5, 0.6) is 0 Å². The number of halogens is 1. The van der Waals surface area contributed by atoms with E-state index >= 15 is 0 Å². The van der Waals surface area contributed by atoms with Gasteiger partial charge in [0.1, 0.15) is 17.5 Å². The summed E-state index contributed by atoms with van der Waals surface area (Å²) < 4.78 is 15.9. The third-order valence-corrected chi connectivity index (χ3v) is 4.72. The van der Waals surface area contributed by atoms with E-state index in [0.717, 1.165) is 23.2 Å². The molecular weight excluding hydrogens is 410 g/mol. The van der Waals surface area contributed by atoms with Crippen LogP contribution in [0.2, 0.25) is 5.02 Å². The molecule has 1 aliphatic carbocycles. The minimum atomic E-state index is -0.867. The topological polar surface area (TPSA) is 116 Å². The van der Waals surface area contributed by atoms with E-state index in [2.05, 4.69) is 15.2 Å². The van der Waals surface area contributed by atoms with E-state index in [1.165, 1.54) is 0 Å². The summed E-state index contributed by atoms with van der Waals surface area (Å²) in [5.41, 5.74) is 1.51. The van der Waals surface area contributed by atoms with Gasteiger partial charge in [-0.25, -0.2) is 9.78 Å². The number of carbonyl (C=O) groups is 1. The number of oxazole rings is 1. The van der Waals surface area contributed by atoms with Crippen LogP contribution in [-0.4, -0.2) is 32.7 Å². The molecule has 1 saturated carbocycles. The molecule has 1 atom stereocenters. The van der Waals surface area contributed by atoms with Gasteiger partial charge in [0.15, 0.2) is 11.4 Å². The Balaban J connectivity index is 1.72. The van der Waals surface area contributed by atoms with Gasteiger partial charge in [0, 0.05) is 16.5 Å². The number of hydrogen-bond acceptors (Lipinski definition) is 8. The summed E-state index contributed by atoms with van der Waals surface area (Å²) in [5, 5.41) is 18.6. The molecule has 154 valence electrons. The van der Waals surface area contributed by atoms with Crippen molar-refractivity contribution < 1.29 is 18.7 Å². The van der Waals surface area contributed by atoms with Gasteiger partial charge in [-0.15, -0.1) is 15.0 Å². The second-order valence-corrected chi connectivity index (χ2v) is 7.18. The molecule has 9 nitrogen and oxygen atoms in total. The minimum absolute atomic E-state index is 0.0575. The van der Waals surface area contributed by atoms with Crippen LogP contribution in [0, 0.1) is 11.3 Å². The van der Waals surface area contributed by atoms with Gasteiger partial charge in [-0.3, -0.25) is 0 Å². The van der Waals surface area contributed by atoms with Crippen molar-refractivity contribution >= 4 is 17.8 Å². The first-order valence-corrected chi connectivity index (χ1v) is 9.85. The average molecular weight is 428 g/mol. The molecule has 1 aromatic carbocycles. The first-order valence-electron chi connectivity index (χ1n) is 9.47. The molecule has 1 fully saturated rings. The zero-order chi connectivity index (χ0) is 21.3. The number of nitrogens with zero attached hydrogens (tertiary/aromatic N) is 5. The Hall–Kier alpha value is -3.38. The molecule has 10 heteroatoms. The Bertz CT molecular complexity index is 1130. The standard InChI is InChI=1S/C20H18ClN5O4/c1-3-28-20(27)29-11(2)26-24-15(10-22)16(25-26)17-18(12-7-8-12)30-19(23-17)13-5-4-6-14(21)9-13/h4-6,9,11-12H,3,7-8H2,1-2H3. The molecule has 0 radical (unpaired) electrons. The lowest BCUT2D eigenvalue weighted by Crippen LogP contribution is -2.18. The summed E-state index contributed by atoms with van der Waals surface area (Å²) in [4.78, 5) is 17.3. The van der Waals surface area contributed by atoms with E-state index in [1.807, 2.05) is 18.2 Å². The van der Waals surface area contributed by atoms with Crippen molar-refractivity contribution in [2.45, 2.75) is 38.8 Å². The fourth-order valence-electron chi connectivity index (χ4n) is 2.93. The Morgan fingerprint density at radius 2 is 2.20 bits per heavy atom. The molecule has 0 bridgehead atoms. The SMILES string of the molecule is CCOC(=O)OC(C)n1nc(C#N)c(-c2nc(-c3cccc(Cl)c3)oc2C2CC2)n1. The first-order chi connectivity index (χ1) is 14.5. The second-order valence-electron chi connectivity index (χ2n) is 6.75. The molecule has 2 aromatic heterocycles. The number of benzene rings is 1. The van der Waals surface area contributed by atoms with E-state index < -0.39 is 12.4 Å².